The van der Waals surface area contributed by atoms with Crippen LogP contribution in [0.3, 0.4) is 0 Å². The van der Waals surface area contributed by atoms with Gasteiger partial charge in [0.15, 0.2) is 0 Å². The lowest BCUT2D eigenvalue weighted by molar-refractivity contribution is 0.415. The molecule has 3 aromatic rings. The van der Waals surface area contributed by atoms with Crippen LogP contribution >= 0.6 is 0 Å². The average Bonchev–Trinajstić information content (AvgIpc) is 3.42. The van der Waals surface area contributed by atoms with Crippen molar-refractivity contribution in [2.75, 3.05) is 26.7 Å². The molecule has 0 saturated carbocycles. The predicted octanol–water partition coefficient (Wildman–Crippen LogP) is 2.89. The molecule has 29 heavy (non-hydrogen) atoms. The number of halogens is 1. The summed E-state index contributed by atoms with van der Waals surface area (Å²) >= 11 is 0. The molecule has 1 aliphatic rings. The summed E-state index contributed by atoms with van der Waals surface area (Å²) in [5.41, 5.74) is 9.61. The molecule has 0 spiro atoms. The van der Waals surface area contributed by atoms with Crippen molar-refractivity contribution in [2.45, 2.75) is 13.0 Å². The van der Waals surface area contributed by atoms with Gasteiger partial charge in [-0.3, -0.25) is 10.9 Å². The van der Waals surface area contributed by atoms with E-state index in [1.54, 1.807) is 23.9 Å². The van der Waals surface area contributed by atoms with Crippen LogP contribution in [0.1, 0.15) is 12.0 Å². The number of benzene rings is 2. The molecule has 6 nitrogen and oxygen atoms in total. The number of nitrogens with zero attached hydrogens (tertiary/aromatic N) is 2. The van der Waals surface area contributed by atoms with Crippen molar-refractivity contribution in [3.63, 3.8) is 0 Å². The van der Waals surface area contributed by atoms with Crippen molar-refractivity contribution in [2.24, 2.45) is 5.92 Å². The van der Waals surface area contributed by atoms with E-state index in [0.717, 1.165) is 48.6 Å². The van der Waals surface area contributed by atoms with E-state index in [4.69, 9.17) is 9.84 Å². The van der Waals surface area contributed by atoms with Crippen LogP contribution in [0, 0.1) is 11.7 Å². The maximum Gasteiger partial charge on any atom is 0.148 e. The Kier molecular flexibility index (Phi) is 6.19. The van der Waals surface area contributed by atoms with E-state index in [0.29, 0.717) is 18.2 Å². The second-order valence-electron chi connectivity index (χ2n) is 7.22. The molecule has 2 aromatic carbocycles. The molecule has 7 heteroatoms. The molecule has 152 valence electrons. The third-order valence-corrected chi connectivity index (χ3v) is 5.20. The number of hydrogen-bond acceptors (Lipinski definition) is 5. The molecule has 0 atom stereocenters. The lowest BCUT2D eigenvalue weighted by atomic mass is 10.1. The Morgan fingerprint density at radius 2 is 1.90 bits per heavy atom. The fourth-order valence-electron chi connectivity index (χ4n) is 3.53. The first-order valence-corrected chi connectivity index (χ1v) is 9.89. The number of para-hydroxylation sites is 1. The molecule has 0 radical (unpaired) electrons. The van der Waals surface area contributed by atoms with Gasteiger partial charge in [0.25, 0.3) is 0 Å². The molecule has 0 amide bonds. The number of hydrazine groups is 1. The van der Waals surface area contributed by atoms with Gasteiger partial charge in [0, 0.05) is 37.0 Å². The quantitative estimate of drug-likeness (QED) is 0.512. The van der Waals surface area contributed by atoms with E-state index in [9.17, 15) is 4.39 Å². The van der Waals surface area contributed by atoms with Crippen molar-refractivity contribution in [3.8, 4) is 22.7 Å². The molecule has 0 bridgehead atoms. The third kappa shape index (κ3) is 4.64. The molecular weight excluding hydrogens is 369 g/mol. The maximum absolute atomic E-state index is 14.3. The van der Waals surface area contributed by atoms with Crippen molar-refractivity contribution >= 4 is 0 Å². The SMILES string of the molecule is COc1ccc(-c2nn(-c3ccccc3F)cc2CNCCC2CNNC2)cc1. The third-order valence-electron chi connectivity index (χ3n) is 5.20. The van der Waals surface area contributed by atoms with Crippen LogP contribution in [0.5, 0.6) is 5.75 Å². The second kappa shape index (κ2) is 9.17. The summed E-state index contributed by atoms with van der Waals surface area (Å²) in [6.07, 6.45) is 3.00. The fraction of sp³-hybridized carbons (Fsp3) is 0.318. The fourth-order valence-corrected chi connectivity index (χ4v) is 3.53. The van der Waals surface area contributed by atoms with Crippen molar-refractivity contribution in [3.05, 3.63) is 66.1 Å². The van der Waals surface area contributed by atoms with Crippen LogP contribution in [0.2, 0.25) is 0 Å². The van der Waals surface area contributed by atoms with E-state index < -0.39 is 0 Å². The summed E-state index contributed by atoms with van der Waals surface area (Å²) in [4.78, 5) is 0. The Morgan fingerprint density at radius 3 is 2.62 bits per heavy atom. The number of ether oxygens (including phenoxy) is 1. The Labute approximate surface area is 170 Å². The summed E-state index contributed by atoms with van der Waals surface area (Å²) in [6, 6.07) is 14.5. The van der Waals surface area contributed by atoms with Crippen LogP contribution in [0.4, 0.5) is 4.39 Å². The van der Waals surface area contributed by atoms with Crippen LogP contribution in [0.25, 0.3) is 16.9 Å². The van der Waals surface area contributed by atoms with Crippen molar-refractivity contribution in [1.29, 1.82) is 0 Å². The van der Waals surface area contributed by atoms with Gasteiger partial charge in [0.2, 0.25) is 0 Å². The molecule has 1 aromatic heterocycles. The van der Waals surface area contributed by atoms with E-state index in [-0.39, 0.29) is 5.82 Å². The van der Waals surface area contributed by atoms with Gasteiger partial charge in [-0.05, 0) is 55.3 Å². The minimum absolute atomic E-state index is 0.294. The highest BCUT2D eigenvalue weighted by molar-refractivity contribution is 5.64. The largest absolute Gasteiger partial charge is 0.497 e. The molecule has 2 heterocycles. The Hall–Kier alpha value is -2.74. The smallest absolute Gasteiger partial charge is 0.148 e. The molecule has 1 saturated heterocycles. The molecular formula is C22H26FN5O. The normalized spacial score (nSPS) is 14.4. The van der Waals surface area contributed by atoms with Crippen molar-refractivity contribution < 1.29 is 9.13 Å². The van der Waals surface area contributed by atoms with E-state index in [1.807, 2.05) is 36.5 Å². The number of hydrogen-bond donors (Lipinski definition) is 3. The summed E-state index contributed by atoms with van der Waals surface area (Å²) in [6.45, 7) is 3.60. The van der Waals surface area contributed by atoms with Crippen LogP contribution < -0.4 is 20.9 Å². The first-order chi connectivity index (χ1) is 14.2. The molecule has 1 aliphatic heterocycles. The number of aromatic nitrogens is 2. The monoisotopic (exact) mass is 395 g/mol. The van der Waals surface area contributed by atoms with E-state index in [1.165, 1.54) is 6.07 Å². The number of nitrogens with one attached hydrogen (secondary N) is 3. The van der Waals surface area contributed by atoms with Gasteiger partial charge in [-0.2, -0.15) is 5.10 Å². The minimum Gasteiger partial charge on any atom is -0.497 e. The summed E-state index contributed by atoms with van der Waals surface area (Å²) in [5, 5.41) is 8.21. The van der Waals surface area contributed by atoms with E-state index >= 15 is 0 Å². The molecule has 0 unspecified atom stereocenters. The zero-order valence-corrected chi connectivity index (χ0v) is 16.5. The molecule has 0 aliphatic carbocycles. The van der Waals surface area contributed by atoms with Gasteiger partial charge in [-0.25, -0.2) is 9.07 Å². The summed E-state index contributed by atoms with van der Waals surface area (Å²) < 4.78 is 21.2. The van der Waals surface area contributed by atoms with E-state index in [2.05, 4.69) is 16.2 Å². The molecule has 1 fully saturated rings. The second-order valence-corrected chi connectivity index (χ2v) is 7.22. The van der Waals surface area contributed by atoms with Crippen LogP contribution in [-0.2, 0) is 6.54 Å². The lowest BCUT2D eigenvalue weighted by Crippen LogP contribution is -2.21. The summed E-state index contributed by atoms with van der Waals surface area (Å²) in [7, 11) is 1.65. The Balaban J connectivity index is 1.56. The summed E-state index contributed by atoms with van der Waals surface area (Å²) in [5.74, 6) is 1.14. The average molecular weight is 395 g/mol. The number of rotatable bonds is 8. The standard InChI is InChI=1S/C22H26FN5O/c1-29-19-8-6-17(7-9-19)22-18(14-24-11-10-16-12-25-26-13-16)15-28(27-22)21-5-3-2-4-20(21)23/h2-9,15-16,24-26H,10-14H2,1H3. The van der Waals surface area contributed by atoms with Gasteiger partial charge in [0.1, 0.15) is 17.3 Å². The van der Waals surface area contributed by atoms with Crippen molar-refractivity contribution in [1.82, 2.24) is 25.9 Å². The first kappa shape index (κ1) is 19.6. The van der Waals surface area contributed by atoms with Gasteiger partial charge in [-0.1, -0.05) is 12.1 Å². The highest BCUT2D eigenvalue weighted by atomic mass is 19.1. The minimum atomic E-state index is -0.294. The van der Waals surface area contributed by atoms with Crippen LogP contribution in [0.15, 0.2) is 54.7 Å². The predicted molar refractivity (Wildman–Crippen MR) is 111 cm³/mol. The Bertz CT molecular complexity index is 935. The molecule has 3 N–H and O–H groups in total. The van der Waals surface area contributed by atoms with Gasteiger partial charge in [0.05, 0.1) is 12.8 Å². The lowest BCUT2D eigenvalue weighted by Gasteiger charge is -2.09. The van der Waals surface area contributed by atoms with Gasteiger partial charge >= 0.3 is 0 Å². The van der Waals surface area contributed by atoms with Gasteiger partial charge < -0.3 is 10.1 Å². The first-order valence-electron chi connectivity index (χ1n) is 9.89. The topological polar surface area (TPSA) is 63.1 Å². The Morgan fingerprint density at radius 1 is 1.14 bits per heavy atom. The number of methoxy groups -OCH3 is 1. The van der Waals surface area contributed by atoms with Gasteiger partial charge in [-0.15, -0.1) is 0 Å². The zero-order chi connectivity index (χ0) is 20.1. The maximum atomic E-state index is 14.3. The zero-order valence-electron chi connectivity index (χ0n) is 16.5. The molecule has 4 rings (SSSR count). The highest BCUT2D eigenvalue weighted by Gasteiger charge is 2.16. The highest BCUT2D eigenvalue weighted by Crippen LogP contribution is 2.26. The van der Waals surface area contributed by atoms with Crippen LogP contribution in [-0.4, -0.2) is 36.5 Å².